The summed E-state index contributed by atoms with van der Waals surface area (Å²) >= 11 is 0.965. The van der Waals surface area contributed by atoms with E-state index >= 15 is 0 Å². The molecule has 0 aliphatic rings. The van der Waals surface area contributed by atoms with Gasteiger partial charge in [0.2, 0.25) is 0 Å². The van der Waals surface area contributed by atoms with Crippen LogP contribution >= 0.6 is 23.1 Å². The second-order valence-electron chi connectivity index (χ2n) is 3.17. The summed E-state index contributed by atoms with van der Waals surface area (Å²) in [5, 5.41) is 12.6. The molecule has 3 nitrogen and oxygen atoms in total. The van der Waals surface area contributed by atoms with Gasteiger partial charge in [0.15, 0.2) is 0 Å². The number of aliphatic hydroxyl groups is 1. The smallest absolute Gasteiger partial charge is 0.384 e. The number of hydrogen-bond donors (Lipinski definition) is 2. The molecule has 1 aromatic rings. The van der Waals surface area contributed by atoms with Gasteiger partial charge in [-0.3, -0.25) is 4.79 Å². The standard InChI is InChI=1S/C11H10F3NO2S2/c12-11(13,14)19-7-4-15-10(17)9-8(2-1-5-16)3-6-18-9/h3,6,16H,4-5,7H2,(H,15,17). The summed E-state index contributed by atoms with van der Waals surface area (Å²) in [7, 11) is 0. The van der Waals surface area contributed by atoms with Crippen LogP contribution in [0.15, 0.2) is 11.4 Å². The zero-order chi connectivity index (χ0) is 14.3. The molecule has 1 amide bonds. The van der Waals surface area contributed by atoms with E-state index in [-0.39, 0.29) is 30.7 Å². The maximum Gasteiger partial charge on any atom is 0.441 e. The SMILES string of the molecule is O=C(NCCSC(F)(F)F)c1sccc1C#CCO. The fourth-order valence-electron chi connectivity index (χ4n) is 1.13. The number of nitrogens with one attached hydrogen (secondary N) is 1. The summed E-state index contributed by atoms with van der Waals surface area (Å²) in [5.74, 6) is 4.32. The number of hydrogen-bond acceptors (Lipinski definition) is 4. The third-order valence-corrected chi connectivity index (χ3v) is 3.48. The van der Waals surface area contributed by atoms with Crippen LogP contribution in [0.3, 0.4) is 0 Å². The summed E-state index contributed by atoms with van der Waals surface area (Å²) in [4.78, 5) is 12.0. The lowest BCUT2D eigenvalue weighted by Crippen LogP contribution is -2.26. The van der Waals surface area contributed by atoms with Crippen LogP contribution in [0.2, 0.25) is 0 Å². The van der Waals surface area contributed by atoms with Gasteiger partial charge in [-0.2, -0.15) is 13.2 Å². The van der Waals surface area contributed by atoms with Crippen molar-refractivity contribution in [2.45, 2.75) is 5.51 Å². The first-order valence-electron chi connectivity index (χ1n) is 5.10. The summed E-state index contributed by atoms with van der Waals surface area (Å²) in [6.45, 7) is -0.396. The average Bonchev–Trinajstić information content (AvgIpc) is 2.79. The van der Waals surface area contributed by atoms with Gasteiger partial charge in [0, 0.05) is 17.9 Å². The minimum atomic E-state index is -4.29. The first-order valence-corrected chi connectivity index (χ1v) is 6.96. The highest BCUT2D eigenvalue weighted by atomic mass is 32.2. The Labute approximate surface area is 116 Å². The van der Waals surface area contributed by atoms with E-state index < -0.39 is 11.4 Å². The Hall–Kier alpha value is -1.17. The lowest BCUT2D eigenvalue weighted by molar-refractivity contribution is -0.0327. The maximum absolute atomic E-state index is 11.9. The Balaban J connectivity index is 2.48. The number of thiophene rings is 1. The van der Waals surface area contributed by atoms with Crippen molar-refractivity contribution in [2.24, 2.45) is 0 Å². The van der Waals surface area contributed by atoms with Gasteiger partial charge in [-0.15, -0.1) is 11.3 Å². The van der Waals surface area contributed by atoms with Crippen molar-refractivity contribution in [3.05, 3.63) is 21.9 Å². The van der Waals surface area contributed by atoms with Gasteiger partial charge in [0.25, 0.3) is 5.91 Å². The molecule has 0 saturated heterocycles. The molecule has 0 spiro atoms. The first kappa shape index (κ1) is 15.9. The van der Waals surface area contributed by atoms with E-state index in [2.05, 4.69) is 17.2 Å². The highest BCUT2D eigenvalue weighted by Crippen LogP contribution is 2.29. The molecule has 0 radical (unpaired) electrons. The number of amides is 1. The van der Waals surface area contributed by atoms with Crippen LogP contribution in [0, 0.1) is 11.8 Å². The molecule has 1 heterocycles. The van der Waals surface area contributed by atoms with Gasteiger partial charge in [-0.25, -0.2) is 0 Å². The molecular weight excluding hydrogens is 299 g/mol. The number of thioether (sulfide) groups is 1. The van der Waals surface area contributed by atoms with Crippen LogP contribution in [0.5, 0.6) is 0 Å². The van der Waals surface area contributed by atoms with Crippen LogP contribution < -0.4 is 5.32 Å². The molecule has 8 heteroatoms. The lowest BCUT2D eigenvalue weighted by atomic mass is 10.2. The van der Waals surface area contributed by atoms with Crippen molar-refractivity contribution >= 4 is 29.0 Å². The van der Waals surface area contributed by atoms with Crippen LogP contribution in [0.25, 0.3) is 0 Å². The van der Waals surface area contributed by atoms with Gasteiger partial charge >= 0.3 is 5.51 Å². The van der Waals surface area contributed by atoms with Crippen LogP contribution in [-0.4, -0.2) is 35.4 Å². The van der Waals surface area contributed by atoms with Crippen molar-refractivity contribution in [1.29, 1.82) is 0 Å². The molecule has 104 valence electrons. The molecule has 0 aromatic carbocycles. The third-order valence-electron chi connectivity index (χ3n) is 1.83. The van der Waals surface area contributed by atoms with Gasteiger partial charge in [0.1, 0.15) is 11.5 Å². The van der Waals surface area contributed by atoms with E-state index in [1.165, 1.54) is 0 Å². The van der Waals surface area contributed by atoms with Gasteiger partial charge in [-0.1, -0.05) is 11.8 Å². The normalized spacial score (nSPS) is 10.7. The summed E-state index contributed by atoms with van der Waals surface area (Å²) in [6, 6.07) is 1.62. The zero-order valence-corrected chi connectivity index (χ0v) is 11.2. The lowest BCUT2D eigenvalue weighted by Gasteiger charge is -2.06. The Morgan fingerprint density at radius 1 is 1.53 bits per heavy atom. The van der Waals surface area contributed by atoms with E-state index in [0.717, 1.165) is 11.3 Å². The highest BCUT2D eigenvalue weighted by molar-refractivity contribution is 8.00. The van der Waals surface area contributed by atoms with E-state index in [0.29, 0.717) is 10.4 Å². The quantitative estimate of drug-likeness (QED) is 0.661. The number of carbonyl (C=O) groups is 1. The average molecular weight is 309 g/mol. The molecule has 0 aliphatic carbocycles. The zero-order valence-electron chi connectivity index (χ0n) is 9.58. The highest BCUT2D eigenvalue weighted by Gasteiger charge is 2.27. The van der Waals surface area contributed by atoms with Crippen molar-refractivity contribution in [3.63, 3.8) is 0 Å². The molecule has 1 rings (SSSR count). The molecular formula is C11H10F3NO2S2. The first-order chi connectivity index (χ1) is 8.94. The molecule has 0 aliphatic heterocycles. The number of rotatable bonds is 4. The number of alkyl halides is 3. The van der Waals surface area contributed by atoms with E-state index in [1.807, 2.05) is 0 Å². The van der Waals surface area contributed by atoms with E-state index in [9.17, 15) is 18.0 Å². The Morgan fingerprint density at radius 2 is 2.26 bits per heavy atom. The molecule has 0 atom stereocenters. The van der Waals surface area contributed by atoms with Gasteiger partial charge in [-0.05, 0) is 23.2 Å². The molecule has 1 aromatic heterocycles. The monoisotopic (exact) mass is 309 g/mol. The Morgan fingerprint density at radius 3 is 2.89 bits per heavy atom. The Bertz CT molecular complexity index is 488. The van der Waals surface area contributed by atoms with Crippen molar-refractivity contribution in [2.75, 3.05) is 18.9 Å². The van der Waals surface area contributed by atoms with Crippen molar-refractivity contribution < 1.29 is 23.1 Å². The van der Waals surface area contributed by atoms with Gasteiger partial charge < -0.3 is 10.4 Å². The number of halogens is 3. The van der Waals surface area contributed by atoms with E-state index in [1.54, 1.807) is 11.4 Å². The molecule has 0 bridgehead atoms. The number of aliphatic hydroxyl groups excluding tert-OH is 1. The molecule has 19 heavy (non-hydrogen) atoms. The van der Waals surface area contributed by atoms with E-state index in [4.69, 9.17) is 5.11 Å². The van der Waals surface area contributed by atoms with Crippen molar-refractivity contribution in [3.8, 4) is 11.8 Å². The summed E-state index contributed by atoms with van der Waals surface area (Å²) in [5.41, 5.74) is -3.83. The van der Waals surface area contributed by atoms with Crippen molar-refractivity contribution in [1.82, 2.24) is 5.32 Å². The fraction of sp³-hybridized carbons (Fsp3) is 0.364. The molecule has 2 N–H and O–H groups in total. The van der Waals surface area contributed by atoms with Crippen LogP contribution in [0.1, 0.15) is 15.2 Å². The predicted octanol–water partition coefficient (Wildman–Crippen LogP) is 2.07. The Kier molecular flexibility index (Phi) is 6.21. The predicted molar refractivity (Wildman–Crippen MR) is 69.1 cm³/mol. The second kappa shape index (κ2) is 7.43. The summed E-state index contributed by atoms with van der Waals surface area (Å²) < 4.78 is 35.6. The maximum atomic E-state index is 11.9. The number of carbonyl (C=O) groups excluding carboxylic acids is 1. The van der Waals surface area contributed by atoms with Crippen LogP contribution in [-0.2, 0) is 0 Å². The fourth-order valence-corrected chi connectivity index (χ4v) is 2.33. The second-order valence-corrected chi connectivity index (χ2v) is 5.25. The van der Waals surface area contributed by atoms with Gasteiger partial charge in [0.05, 0.1) is 0 Å². The molecule has 0 fully saturated rings. The largest absolute Gasteiger partial charge is 0.441 e. The minimum absolute atomic E-state index is 0.0756. The third kappa shape index (κ3) is 6.00. The molecule has 0 unspecified atom stereocenters. The van der Waals surface area contributed by atoms with Crippen LogP contribution in [0.4, 0.5) is 13.2 Å². The summed E-state index contributed by atoms with van der Waals surface area (Å²) in [6.07, 6.45) is 0. The minimum Gasteiger partial charge on any atom is -0.384 e. The molecule has 0 saturated carbocycles. The topological polar surface area (TPSA) is 49.3 Å².